The van der Waals surface area contributed by atoms with Gasteiger partial charge in [-0.25, -0.2) is 4.79 Å². The second kappa shape index (κ2) is 9.61. The first-order chi connectivity index (χ1) is 15.7. The highest BCUT2D eigenvalue weighted by molar-refractivity contribution is 6.74. The highest BCUT2D eigenvalue weighted by atomic mass is 28.4. The van der Waals surface area contributed by atoms with Gasteiger partial charge in [0.15, 0.2) is 8.32 Å². The van der Waals surface area contributed by atoms with Crippen molar-refractivity contribution < 1.29 is 27.1 Å². The molecular weight excluding hydrogens is 477 g/mol. The number of nitrogen functional groups attached to an aromatic ring is 1. The fourth-order valence-electron chi connectivity index (χ4n) is 3.52. The predicted octanol–water partition coefficient (Wildman–Crippen LogP) is 6.39. The number of hydrogen-bond acceptors (Lipinski definition) is 5. The fourth-order valence-corrected chi connectivity index (χ4v) is 4.53. The number of nitrogens with two attached hydrogens (primary N) is 1. The highest BCUT2D eigenvalue weighted by Gasteiger charge is 2.40. The number of ether oxygens (including phenoxy) is 1. The van der Waals surface area contributed by atoms with Crippen molar-refractivity contribution in [3.8, 4) is 0 Å². The van der Waals surface area contributed by atoms with Gasteiger partial charge in [0, 0.05) is 17.3 Å². The van der Waals surface area contributed by atoms with Crippen LogP contribution >= 0.6 is 0 Å². The second-order valence-corrected chi connectivity index (χ2v) is 16.2. The van der Waals surface area contributed by atoms with Crippen molar-refractivity contribution in [1.82, 2.24) is 4.57 Å². The first kappa shape index (κ1) is 28.9. The summed E-state index contributed by atoms with van der Waals surface area (Å²) in [6, 6.07) is 1.37. The third-order valence-electron chi connectivity index (χ3n) is 6.75. The molecule has 0 spiro atoms. The average Bonchev–Trinajstić information content (AvgIpc) is 2.66. The first-order valence-corrected chi connectivity index (χ1v) is 14.5. The van der Waals surface area contributed by atoms with E-state index >= 15 is 0 Å². The number of anilines is 1. The lowest BCUT2D eigenvalue weighted by Crippen LogP contribution is -2.43. The molecule has 0 saturated heterocycles. The van der Waals surface area contributed by atoms with Gasteiger partial charge in [-0.05, 0) is 42.6 Å². The predicted molar refractivity (Wildman–Crippen MR) is 135 cm³/mol. The van der Waals surface area contributed by atoms with Crippen LogP contribution in [0.4, 0.5) is 18.9 Å². The number of alkyl halides is 3. The summed E-state index contributed by atoms with van der Waals surface area (Å²) in [5.41, 5.74) is 2.61. The van der Waals surface area contributed by atoms with Crippen molar-refractivity contribution in [1.29, 1.82) is 0 Å². The molecule has 0 aliphatic rings. The van der Waals surface area contributed by atoms with Crippen LogP contribution in [0.5, 0.6) is 0 Å². The summed E-state index contributed by atoms with van der Waals surface area (Å²) in [7, 11) is -2.22. The monoisotopic (exact) mass is 514 g/mol. The minimum absolute atomic E-state index is 0.0309. The molecule has 0 aliphatic heterocycles. The largest absolute Gasteiger partial charge is 0.462 e. The third-order valence-corrected chi connectivity index (χ3v) is 11.2. The van der Waals surface area contributed by atoms with Crippen LogP contribution in [0.1, 0.15) is 70.4 Å². The first-order valence-electron chi connectivity index (χ1n) is 11.6. The van der Waals surface area contributed by atoms with Gasteiger partial charge < -0.3 is 19.5 Å². The topological polar surface area (TPSA) is 83.6 Å². The standard InChI is InChI=1S/C25H37F3N2O4Si/c1-10-33-22(32)16-13-30(20(23(2,3)4)14-34-35(8,9)24(5,6)7)19-12-17(25(26,27)28)18(29)11-15(19)21(16)31/h11-13,20H,10,14,29H2,1-9H3. The summed E-state index contributed by atoms with van der Waals surface area (Å²) in [5.74, 6) is -0.843. The lowest BCUT2D eigenvalue weighted by molar-refractivity contribution is -0.136. The molecule has 2 N–H and O–H groups in total. The minimum Gasteiger partial charge on any atom is -0.462 e. The van der Waals surface area contributed by atoms with Crippen molar-refractivity contribution in [2.45, 2.75) is 78.8 Å². The molecular formula is C25H37F3N2O4Si. The van der Waals surface area contributed by atoms with Gasteiger partial charge in [0.25, 0.3) is 0 Å². The molecule has 2 aromatic rings. The van der Waals surface area contributed by atoms with E-state index in [1.54, 1.807) is 11.5 Å². The summed E-state index contributed by atoms with van der Waals surface area (Å²) >= 11 is 0. The number of hydrogen-bond donors (Lipinski definition) is 1. The normalized spacial score (nSPS) is 14.3. The lowest BCUT2D eigenvalue weighted by Gasteiger charge is -2.40. The Bertz CT molecular complexity index is 1160. The van der Waals surface area contributed by atoms with Gasteiger partial charge in [-0.1, -0.05) is 41.5 Å². The SMILES string of the molecule is CCOC(=O)c1cn(C(CO[Si](C)(C)C(C)(C)C)C(C)(C)C)c2cc(C(F)(F)F)c(N)cc2c1=O. The Balaban J connectivity index is 2.90. The molecule has 0 saturated carbocycles. The number of pyridine rings is 1. The van der Waals surface area contributed by atoms with Crippen LogP contribution in [0.3, 0.4) is 0 Å². The van der Waals surface area contributed by atoms with Gasteiger partial charge in [0.2, 0.25) is 5.43 Å². The summed E-state index contributed by atoms with van der Waals surface area (Å²) in [5, 5.41) is -0.169. The minimum atomic E-state index is -4.71. The smallest absolute Gasteiger partial charge is 0.418 e. The molecule has 1 heterocycles. The zero-order chi connectivity index (χ0) is 27.1. The maximum Gasteiger partial charge on any atom is 0.418 e. The number of carbonyl (C=O) groups excluding carboxylic acids is 1. The van der Waals surface area contributed by atoms with Gasteiger partial charge in [-0.15, -0.1) is 0 Å². The molecule has 1 atom stereocenters. The fraction of sp³-hybridized carbons (Fsp3) is 0.600. The molecule has 0 fully saturated rings. The van der Waals surface area contributed by atoms with Crippen molar-refractivity contribution >= 4 is 30.9 Å². The number of aromatic nitrogens is 1. The van der Waals surface area contributed by atoms with E-state index in [4.69, 9.17) is 14.9 Å². The maximum atomic E-state index is 13.7. The molecule has 0 bridgehead atoms. The summed E-state index contributed by atoms with van der Waals surface area (Å²) < 4.78 is 54.2. The van der Waals surface area contributed by atoms with Crippen molar-refractivity contribution in [3.05, 3.63) is 39.7 Å². The zero-order valence-corrected chi connectivity index (χ0v) is 23.0. The molecule has 1 unspecified atom stereocenters. The molecule has 35 heavy (non-hydrogen) atoms. The van der Waals surface area contributed by atoms with E-state index in [0.717, 1.165) is 12.1 Å². The Morgan fingerprint density at radius 2 is 1.69 bits per heavy atom. The molecule has 0 radical (unpaired) electrons. The van der Waals surface area contributed by atoms with E-state index in [2.05, 4.69) is 33.9 Å². The Kier molecular flexibility index (Phi) is 7.94. The Morgan fingerprint density at radius 1 is 1.11 bits per heavy atom. The van der Waals surface area contributed by atoms with E-state index in [1.807, 2.05) is 20.8 Å². The molecule has 1 aromatic carbocycles. The number of fused-ring (bicyclic) bond motifs is 1. The molecule has 0 aliphatic carbocycles. The van der Waals surface area contributed by atoms with Crippen LogP contribution in [0.25, 0.3) is 10.9 Å². The number of esters is 1. The van der Waals surface area contributed by atoms with E-state index in [-0.39, 0.29) is 34.7 Å². The van der Waals surface area contributed by atoms with Crippen LogP contribution in [0, 0.1) is 5.41 Å². The van der Waals surface area contributed by atoms with Crippen molar-refractivity contribution in [2.24, 2.45) is 5.41 Å². The van der Waals surface area contributed by atoms with Crippen molar-refractivity contribution in [3.63, 3.8) is 0 Å². The van der Waals surface area contributed by atoms with Gasteiger partial charge in [-0.3, -0.25) is 4.79 Å². The quantitative estimate of drug-likeness (QED) is 0.274. The summed E-state index contributed by atoms with van der Waals surface area (Å²) in [6.45, 7) is 18.1. The maximum absolute atomic E-state index is 13.7. The molecule has 196 valence electrons. The summed E-state index contributed by atoms with van der Waals surface area (Å²) in [4.78, 5) is 25.8. The molecule has 1 aromatic heterocycles. The van der Waals surface area contributed by atoms with E-state index in [9.17, 15) is 22.8 Å². The number of benzene rings is 1. The third kappa shape index (κ3) is 6.09. The average molecular weight is 515 g/mol. The summed E-state index contributed by atoms with van der Waals surface area (Å²) in [6.07, 6.45) is -3.42. The number of nitrogens with zero attached hydrogens (tertiary/aromatic N) is 1. The Hall–Kier alpha value is -2.33. The highest BCUT2D eigenvalue weighted by Crippen LogP contribution is 2.41. The van der Waals surface area contributed by atoms with Crippen LogP contribution in [-0.4, -0.2) is 32.1 Å². The van der Waals surface area contributed by atoms with Crippen molar-refractivity contribution in [2.75, 3.05) is 18.9 Å². The van der Waals surface area contributed by atoms with E-state index < -0.39 is 48.6 Å². The van der Waals surface area contributed by atoms with Gasteiger partial charge in [0.1, 0.15) is 5.56 Å². The van der Waals surface area contributed by atoms with Crippen LogP contribution < -0.4 is 11.2 Å². The number of halogens is 3. The molecule has 0 amide bonds. The number of rotatable bonds is 6. The second-order valence-electron chi connectivity index (χ2n) is 11.4. The molecule has 10 heteroatoms. The van der Waals surface area contributed by atoms with E-state index in [0.29, 0.717) is 0 Å². The van der Waals surface area contributed by atoms with Crippen LogP contribution in [0.15, 0.2) is 23.1 Å². The molecule has 2 rings (SSSR count). The van der Waals surface area contributed by atoms with Gasteiger partial charge in [0.05, 0.1) is 30.3 Å². The van der Waals surface area contributed by atoms with E-state index in [1.165, 1.54) is 6.20 Å². The zero-order valence-electron chi connectivity index (χ0n) is 22.0. The van der Waals surface area contributed by atoms with Gasteiger partial charge >= 0.3 is 12.1 Å². The number of carbonyl (C=O) groups is 1. The van der Waals surface area contributed by atoms with Crippen LogP contribution in [-0.2, 0) is 15.3 Å². The lowest BCUT2D eigenvalue weighted by atomic mass is 9.86. The Morgan fingerprint density at radius 3 is 2.14 bits per heavy atom. The van der Waals surface area contributed by atoms with Gasteiger partial charge in [-0.2, -0.15) is 13.2 Å². The van der Waals surface area contributed by atoms with Crippen LogP contribution in [0.2, 0.25) is 18.1 Å². The molecule has 6 nitrogen and oxygen atoms in total. The Labute approximate surface area is 205 Å².